The van der Waals surface area contributed by atoms with Crippen LogP contribution in [0.5, 0.6) is 0 Å². The molecule has 0 spiro atoms. The Labute approximate surface area is 678 Å². The van der Waals surface area contributed by atoms with Gasteiger partial charge in [0.2, 0.25) is 0 Å². The van der Waals surface area contributed by atoms with Crippen LogP contribution in [-0.2, 0) is 0 Å². The number of aromatic nitrogens is 15. The normalized spacial score (nSPS) is 14.0. The number of imidazole rings is 4. The van der Waals surface area contributed by atoms with E-state index in [2.05, 4.69) is 202 Å². The van der Waals surface area contributed by atoms with Gasteiger partial charge in [0.1, 0.15) is 46.3 Å². The molecule has 11 aromatic heterocycles. The smallest absolute Gasteiger partial charge is 0.141 e. The molecule has 0 saturated heterocycles. The zero-order valence-electron chi connectivity index (χ0n) is 66.7. The summed E-state index contributed by atoms with van der Waals surface area (Å²) in [5, 5.41) is 22.6. The van der Waals surface area contributed by atoms with E-state index in [1.54, 1.807) is 0 Å². The van der Waals surface area contributed by atoms with Gasteiger partial charge in [-0.25, -0.2) is 19.9 Å². The van der Waals surface area contributed by atoms with Gasteiger partial charge in [-0.3, -0.25) is 15.0 Å². The molecule has 20 aromatic rings. The van der Waals surface area contributed by atoms with E-state index in [1.165, 1.54) is 73.1 Å². The van der Waals surface area contributed by atoms with Crippen LogP contribution in [0.2, 0.25) is 0 Å². The summed E-state index contributed by atoms with van der Waals surface area (Å²) in [6.45, 7) is 15.8. The van der Waals surface area contributed by atoms with Crippen molar-refractivity contribution in [3.63, 3.8) is 0 Å². The Kier molecular flexibility index (Phi) is 17.6. The Morgan fingerprint density at radius 3 is 1.06 bits per heavy atom. The van der Waals surface area contributed by atoms with Crippen LogP contribution in [0, 0.1) is 55.4 Å². The third kappa shape index (κ3) is 13.3. The van der Waals surface area contributed by atoms with Gasteiger partial charge in [-0.05, 0) is 235 Å². The summed E-state index contributed by atoms with van der Waals surface area (Å²) >= 11 is 0. The fourth-order valence-corrected chi connectivity index (χ4v) is 17.3. The zero-order valence-corrected chi connectivity index (χ0v) is 66.7. The van der Waals surface area contributed by atoms with Crippen molar-refractivity contribution >= 4 is 76.6 Å². The first-order chi connectivity index (χ1) is 57.7. The number of fused-ring (bicyclic) bond motifs is 7. The number of H-pyrrole nitrogens is 4. The van der Waals surface area contributed by atoms with Crippen LogP contribution in [-0.4, -0.2) is 75.5 Å². The zero-order chi connectivity index (χ0) is 79.6. The molecule has 0 radical (unpaired) electrons. The average Bonchev–Trinajstić information content (AvgIpc) is 1.66. The summed E-state index contributed by atoms with van der Waals surface area (Å²) in [6.07, 6.45) is 17.1. The van der Waals surface area contributed by atoms with E-state index in [0.29, 0.717) is 23.7 Å². The van der Waals surface area contributed by atoms with Crippen molar-refractivity contribution in [2.45, 2.75) is 130 Å². The minimum absolute atomic E-state index is 0.547. The molecule has 4 saturated carbocycles. The van der Waals surface area contributed by atoms with E-state index in [1.807, 2.05) is 117 Å². The van der Waals surface area contributed by atoms with Gasteiger partial charge < -0.3 is 38.0 Å². The molecular formula is C99H83N15O4. The Bertz CT molecular complexity index is 6710. The molecular weight excluding hydrogens is 1460 g/mol. The van der Waals surface area contributed by atoms with Crippen LogP contribution in [0.3, 0.4) is 0 Å². The maximum absolute atomic E-state index is 5.47. The van der Waals surface area contributed by atoms with Gasteiger partial charge >= 0.3 is 0 Å². The van der Waals surface area contributed by atoms with Crippen LogP contribution < -0.4 is 0 Å². The molecule has 4 N–H and O–H groups in total. The van der Waals surface area contributed by atoms with Gasteiger partial charge in [-0.1, -0.05) is 136 Å². The molecule has 4 aliphatic rings. The van der Waals surface area contributed by atoms with Crippen molar-refractivity contribution < 1.29 is 18.1 Å². The fourth-order valence-electron chi connectivity index (χ4n) is 17.3. The largest absolute Gasteiger partial charge is 0.361 e. The van der Waals surface area contributed by atoms with Gasteiger partial charge in [0, 0.05) is 115 Å². The first-order valence-electron chi connectivity index (χ1n) is 40.8. The van der Waals surface area contributed by atoms with Gasteiger partial charge in [0.25, 0.3) is 0 Å². The van der Waals surface area contributed by atoms with Gasteiger partial charge in [-0.2, -0.15) is 0 Å². The lowest BCUT2D eigenvalue weighted by Crippen LogP contribution is -1.92. The molecule has 0 aliphatic heterocycles. The van der Waals surface area contributed by atoms with Crippen molar-refractivity contribution in [1.29, 1.82) is 0 Å². The van der Waals surface area contributed by atoms with Crippen molar-refractivity contribution in [2.75, 3.05) is 0 Å². The molecule has 19 heteroatoms. The minimum Gasteiger partial charge on any atom is -0.361 e. The number of pyridine rings is 3. The average molecular weight is 1550 g/mol. The summed E-state index contributed by atoms with van der Waals surface area (Å²) in [7, 11) is 0. The predicted octanol–water partition coefficient (Wildman–Crippen LogP) is 24.8. The lowest BCUT2D eigenvalue weighted by atomic mass is 9.93. The quantitative estimate of drug-likeness (QED) is 0.0837. The van der Waals surface area contributed by atoms with Gasteiger partial charge in [0.05, 0.1) is 78.1 Å². The predicted molar refractivity (Wildman–Crippen MR) is 465 cm³/mol. The second kappa shape index (κ2) is 29.0. The maximum atomic E-state index is 5.47. The van der Waals surface area contributed by atoms with Crippen LogP contribution in [0.4, 0.5) is 0 Å². The summed E-state index contributed by atoms with van der Waals surface area (Å²) in [5.41, 5.74) is 32.5. The highest BCUT2D eigenvalue weighted by Crippen LogP contribution is 2.49. The summed E-state index contributed by atoms with van der Waals surface area (Å²) in [6, 6.07) is 65.9. The van der Waals surface area contributed by atoms with E-state index >= 15 is 0 Å². The van der Waals surface area contributed by atoms with Crippen molar-refractivity contribution in [1.82, 2.24) is 75.5 Å². The van der Waals surface area contributed by atoms with Gasteiger partial charge in [-0.15, -0.1) is 0 Å². The molecule has 0 amide bonds. The molecule has 0 bridgehead atoms. The van der Waals surface area contributed by atoms with Crippen molar-refractivity contribution in [2.24, 2.45) is 0 Å². The summed E-state index contributed by atoms with van der Waals surface area (Å²) < 4.78 is 21.8. The Morgan fingerprint density at radius 1 is 0.288 bits per heavy atom. The third-order valence-electron chi connectivity index (χ3n) is 23.7. The highest BCUT2D eigenvalue weighted by atomic mass is 16.5. The van der Waals surface area contributed by atoms with Crippen LogP contribution in [0.25, 0.3) is 177 Å². The molecule has 4 fully saturated rings. The van der Waals surface area contributed by atoms with Crippen LogP contribution >= 0.6 is 0 Å². The Hall–Kier alpha value is -14.1. The number of hydrogen-bond acceptors (Lipinski definition) is 15. The maximum Gasteiger partial charge on any atom is 0.141 e. The number of aromatic amines is 4. The van der Waals surface area contributed by atoms with Crippen molar-refractivity contribution in [3.05, 3.63) is 282 Å². The third-order valence-corrected chi connectivity index (χ3v) is 23.7. The molecule has 118 heavy (non-hydrogen) atoms. The standard InChI is InChI=1S/C26H22N4O.C25H21N3O.2C24H20N4O/c1-15-23(16(2)31-30-15)19-13-21(25-22(14-19)28-26(29-25)18-10-11-18)20-9-6-12-27-24(20)17-7-4-3-5-8-17;1-14-23(15(2)29-28-14)18-12-21(20-9-5-7-16-6-3-4-8-19(16)20)24-22(13-18)26-25(27-24)17-10-11-17;1-13-22(14(2)29-28-13)16-11-19(17-5-3-7-20-18(17)6-4-10-25-20)23-21(12-16)26-24(27-23)15-8-9-15;1-13-22(14(2)29-28-13)17-10-20(19-5-3-4-16-12-25-9-8-18(16)19)23-21(11-17)26-24(27-23)15-6-7-15/h3-9,12-14,18H,10-11H2,1-2H3,(H,28,29);3-9,12-13,17H,10-11H2,1-2H3,(H,26,27);3-7,10-12,15H,8-9H2,1-2H3,(H,26,27);3-5,8-12,15H,6-7H2,1-2H3,(H,26,27). The topological polar surface area (TPSA) is 258 Å². The highest BCUT2D eigenvalue weighted by Gasteiger charge is 2.33. The fraction of sp³-hybridized carbons (Fsp3) is 0.202. The number of hydrogen-bond donors (Lipinski definition) is 4. The monoisotopic (exact) mass is 1550 g/mol. The molecule has 4 aliphatic carbocycles. The van der Waals surface area contributed by atoms with Crippen molar-refractivity contribution in [3.8, 4) is 100 Å². The first kappa shape index (κ1) is 71.7. The lowest BCUT2D eigenvalue weighted by molar-refractivity contribution is 0.393. The molecule has 0 atom stereocenters. The molecule has 0 unspecified atom stereocenters. The van der Waals surface area contributed by atoms with E-state index in [9.17, 15) is 0 Å². The van der Waals surface area contributed by atoms with Crippen LogP contribution in [0.15, 0.2) is 231 Å². The minimum atomic E-state index is 0.547. The Balaban J connectivity index is 0.0000000978. The van der Waals surface area contributed by atoms with E-state index in [-0.39, 0.29) is 0 Å². The number of benzene rings is 9. The van der Waals surface area contributed by atoms with E-state index in [0.717, 1.165) is 224 Å². The van der Waals surface area contributed by atoms with Crippen LogP contribution in [0.1, 0.15) is 144 Å². The Morgan fingerprint density at radius 2 is 0.636 bits per heavy atom. The summed E-state index contributed by atoms with van der Waals surface area (Å²) in [5.74, 6) is 9.94. The number of aryl methyl sites for hydroxylation is 8. The molecule has 19 nitrogen and oxygen atoms in total. The van der Waals surface area contributed by atoms with E-state index in [4.69, 9.17) is 43.0 Å². The second-order valence-corrected chi connectivity index (χ2v) is 32.1. The molecule has 11 heterocycles. The molecule has 24 rings (SSSR count). The van der Waals surface area contributed by atoms with E-state index < -0.39 is 0 Å². The second-order valence-electron chi connectivity index (χ2n) is 32.1. The van der Waals surface area contributed by atoms with Gasteiger partial charge in [0.15, 0.2) is 0 Å². The summed E-state index contributed by atoms with van der Waals surface area (Å²) in [4.78, 5) is 48.0. The number of nitrogens with zero attached hydrogens (tertiary/aromatic N) is 11. The number of rotatable bonds is 13. The SMILES string of the molecule is Cc1noc(C)c1-c1cc(-c2cccc3ccccc23)c2nc(C3CC3)[nH]c2c1.Cc1noc(C)c1-c1cc(-c2cccc3cnccc23)c2nc(C3CC3)[nH]c2c1.Cc1noc(C)c1-c1cc(-c2cccc3ncccc23)c2nc(C3CC3)[nH]c2c1.Cc1noc(C)c1-c1cc(-c2cccnc2-c2ccccc2)c2nc(C3CC3)[nH]c2c1. The highest BCUT2D eigenvalue weighted by molar-refractivity contribution is 6.09. The first-order valence-corrected chi connectivity index (χ1v) is 40.8. The lowest BCUT2D eigenvalue weighted by Gasteiger charge is -2.12. The number of nitrogens with one attached hydrogen (secondary N) is 4. The molecule has 9 aromatic carbocycles. The molecule has 578 valence electrons.